The molecule has 1 aromatic carbocycles. The first kappa shape index (κ1) is 14.9. The molecule has 5 nitrogen and oxygen atoms in total. The highest BCUT2D eigenvalue weighted by molar-refractivity contribution is 7.22. The van der Waals surface area contributed by atoms with Crippen LogP contribution in [0.1, 0.15) is 48.9 Å². The normalized spacial score (nSPS) is 24.6. The molecule has 0 saturated heterocycles. The lowest BCUT2D eigenvalue weighted by molar-refractivity contribution is 0.0951. The molecule has 0 unspecified atom stereocenters. The Hall–Kier alpha value is -1.66. The topological polar surface area (TPSA) is 74.2 Å². The quantitative estimate of drug-likeness (QED) is 0.805. The number of carbonyl (C=O) groups is 1. The summed E-state index contributed by atoms with van der Waals surface area (Å²) in [5.41, 5.74) is 1.64. The minimum atomic E-state index is -0.143. The van der Waals surface area contributed by atoms with E-state index in [1.54, 1.807) is 11.3 Å². The van der Waals surface area contributed by atoms with Gasteiger partial charge in [0.2, 0.25) is 0 Å². The van der Waals surface area contributed by atoms with Crippen molar-refractivity contribution in [1.82, 2.24) is 10.3 Å². The van der Waals surface area contributed by atoms with Gasteiger partial charge in [0.05, 0.1) is 16.3 Å². The van der Waals surface area contributed by atoms with E-state index < -0.39 is 0 Å². The molecule has 0 atom stereocenters. The molecule has 2 saturated carbocycles. The molecular formula is C17H21N3O2S. The van der Waals surface area contributed by atoms with Crippen LogP contribution in [-0.2, 0) is 0 Å². The Morgan fingerprint density at radius 3 is 2.61 bits per heavy atom. The smallest absolute Gasteiger partial charge is 0.251 e. The zero-order chi connectivity index (χ0) is 15.8. The number of aromatic nitrogens is 1. The molecule has 2 aliphatic carbocycles. The minimum Gasteiger partial charge on any atom is -0.393 e. The number of amides is 1. The number of carbonyl (C=O) groups excluding carboxylic acids is 1. The SMILES string of the molecule is O=C(NC1CC1)c1ccc2nc(NC3CCC(O)CC3)sc2c1. The molecule has 2 aromatic rings. The average molecular weight is 331 g/mol. The molecule has 1 heterocycles. The van der Waals surface area contributed by atoms with Gasteiger partial charge in [-0.3, -0.25) is 4.79 Å². The van der Waals surface area contributed by atoms with E-state index in [4.69, 9.17) is 0 Å². The summed E-state index contributed by atoms with van der Waals surface area (Å²) in [6, 6.07) is 6.46. The van der Waals surface area contributed by atoms with E-state index in [0.717, 1.165) is 53.9 Å². The maximum Gasteiger partial charge on any atom is 0.251 e. The number of thiazole rings is 1. The third-order valence-corrected chi connectivity index (χ3v) is 5.54. The highest BCUT2D eigenvalue weighted by Gasteiger charge is 2.24. The Bertz CT molecular complexity index is 718. The number of benzene rings is 1. The molecule has 122 valence electrons. The Labute approximate surface area is 139 Å². The molecule has 1 amide bonds. The molecule has 6 heteroatoms. The molecule has 2 fully saturated rings. The highest BCUT2D eigenvalue weighted by atomic mass is 32.1. The van der Waals surface area contributed by atoms with Crippen LogP contribution < -0.4 is 10.6 Å². The molecule has 0 spiro atoms. The van der Waals surface area contributed by atoms with Gasteiger partial charge in [-0.15, -0.1) is 0 Å². The average Bonchev–Trinajstić information content (AvgIpc) is 3.26. The minimum absolute atomic E-state index is 0.0126. The maximum atomic E-state index is 12.1. The van der Waals surface area contributed by atoms with Crippen LogP contribution >= 0.6 is 11.3 Å². The standard InChI is InChI=1S/C17H21N3O2S/c21-13-6-4-12(5-7-13)19-17-20-14-8-1-10(9-15(14)23-17)16(22)18-11-2-3-11/h1,8-9,11-13,21H,2-7H2,(H,18,22)(H,19,20). The number of nitrogens with one attached hydrogen (secondary N) is 2. The zero-order valence-corrected chi connectivity index (χ0v) is 13.7. The fourth-order valence-electron chi connectivity index (χ4n) is 3.02. The number of hydrogen-bond donors (Lipinski definition) is 3. The van der Waals surface area contributed by atoms with E-state index >= 15 is 0 Å². The molecule has 23 heavy (non-hydrogen) atoms. The monoisotopic (exact) mass is 331 g/mol. The molecular weight excluding hydrogens is 310 g/mol. The van der Waals surface area contributed by atoms with Crippen molar-refractivity contribution in [2.45, 2.75) is 56.7 Å². The van der Waals surface area contributed by atoms with Crippen molar-refractivity contribution >= 4 is 32.6 Å². The van der Waals surface area contributed by atoms with E-state index in [1.165, 1.54) is 0 Å². The number of anilines is 1. The molecule has 2 aliphatic rings. The Balaban J connectivity index is 1.47. The van der Waals surface area contributed by atoms with Crippen LogP contribution in [0.15, 0.2) is 18.2 Å². The van der Waals surface area contributed by atoms with Crippen molar-refractivity contribution in [1.29, 1.82) is 0 Å². The zero-order valence-electron chi connectivity index (χ0n) is 12.9. The second kappa shape index (κ2) is 6.09. The van der Waals surface area contributed by atoms with Gasteiger partial charge >= 0.3 is 0 Å². The largest absolute Gasteiger partial charge is 0.393 e. The molecule has 4 rings (SSSR count). The molecule has 0 bridgehead atoms. The van der Waals surface area contributed by atoms with Gasteiger partial charge in [-0.2, -0.15) is 0 Å². The summed E-state index contributed by atoms with van der Waals surface area (Å²) in [6.45, 7) is 0. The van der Waals surface area contributed by atoms with Gasteiger partial charge < -0.3 is 15.7 Å². The van der Waals surface area contributed by atoms with Crippen molar-refractivity contribution in [2.75, 3.05) is 5.32 Å². The van der Waals surface area contributed by atoms with E-state index in [-0.39, 0.29) is 12.0 Å². The first-order chi connectivity index (χ1) is 11.2. The molecule has 1 aromatic heterocycles. The Morgan fingerprint density at radius 1 is 1.13 bits per heavy atom. The van der Waals surface area contributed by atoms with Crippen LogP contribution in [0.4, 0.5) is 5.13 Å². The summed E-state index contributed by atoms with van der Waals surface area (Å²) < 4.78 is 1.03. The lowest BCUT2D eigenvalue weighted by atomic mass is 9.93. The fourth-order valence-corrected chi connectivity index (χ4v) is 4.00. The predicted molar refractivity (Wildman–Crippen MR) is 92.0 cm³/mol. The first-order valence-electron chi connectivity index (χ1n) is 8.33. The number of aliphatic hydroxyl groups is 1. The van der Waals surface area contributed by atoms with E-state index in [1.807, 2.05) is 18.2 Å². The lowest BCUT2D eigenvalue weighted by Crippen LogP contribution is -2.28. The van der Waals surface area contributed by atoms with Gasteiger partial charge in [0.15, 0.2) is 5.13 Å². The molecule has 0 radical (unpaired) electrons. The van der Waals surface area contributed by atoms with E-state index in [2.05, 4.69) is 15.6 Å². The number of aliphatic hydroxyl groups excluding tert-OH is 1. The van der Waals surface area contributed by atoms with E-state index in [9.17, 15) is 9.90 Å². The Kier molecular flexibility index (Phi) is 3.95. The lowest BCUT2D eigenvalue weighted by Gasteiger charge is -2.25. The summed E-state index contributed by atoms with van der Waals surface area (Å²) in [6.07, 6.45) is 5.72. The van der Waals surface area contributed by atoms with Gasteiger partial charge in [-0.25, -0.2) is 4.98 Å². The van der Waals surface area contributed by atoms with E-state index in [0.29, 0.717) is 17.6 Å². The number of nitrogens with zero attached hydrogens (tertiary/aromatic N) is 1. The third-order valence-electron chi connectivity index (χ3n) is 4.59. The van der Waals surface area contributed by atoms with Crippen LogP contribution in [-0.4, -0.2) is 34.2 Å². The van der Waals surface area contributed by atoms with Gasteiger partial charge in [-0.05, 0) is 56.7 Å². The number of hydrogen-bond acceptors (Lipinski definition) is 5. The van der Waals surface area contributed by atoms with Gasteiger partial charge in [-0.1, -0.05) is 11.3 Å². The van der Waals surface area contributed by atoms with Crippen molar-refractivity contribution in [2.24, 2.45) is 0 Å². The van der Waals surface area contributed by atoms with Gasteiger partial charge in [0.1, 0.15) is 0 Å². The fraction of sp³-hybridized carbons (Fsp3) is 0.529. The van der Waals surface area contributed by atoms with Crippen molar-refractivity contribution in [3.05, 3.63) is 23.8 Å². The van der Waals surface area contributed by atoms with Crippen molar-refractivity contribution < 1.29 is 9.90 Å². The second-order valence-corrected chi connectivity index (χ2v) is 7.63. The van der Waals surface area contributed by atoms with Gasteiger partial charge in [0, 0.05) is 17.6 Å². The second-order valence-electron chi connectivity index (χ2n) is 6.60. The summed E-state index contributed by atoms with van der Waals surface area (Å²) in [4.78, 5) is 16.7. The number of fused-ring (bicyclic) bond motifs is 1. The van der Waals surface area contributed by atoms with Crippen LogP contribution in [0.5, 0.6) is 0 Å². The Morgan fingerprint density at radius 2 is 1.87 bits per heavy atom. The third kappa shape index (κ3) is 3.48. The summed E-state index contributed by atoms with van der Waals surface area (Å²) in [7, 11) is 0. The maximum absolute atomic E-state index is 12.1. The highest BCUT2D eigenvalue weighted by Crippen LogP contribution is 2.30. The van der Waals surface area contributed by atoms with Crippen LogP contribution in [0.2, 0.25) is 0 Å². The summed E-state index contributed by atoms with van der Waals surface area (Å²) in [5, 5.41) is 17.0. The van der Waals surface area contributed by atoms with Crippen LogP contribution in [0.3, 0.4) is 0 Å². The van der Waals surface area contributed by atoms with Crippen LogP contribution in [0.25, 0.3) is 10.2 Å². The van der Waals surface area contributed by atoms with Gasteiger partial charge in [0.25, 0.3) is 5.91 Å². The summed E-state index contributed by atoms with van der Waals surface area (Å²) >= 11 is 1.59. The first-order valence-corrected chi connectivity index (χ1v) is 9.15. The van der Waals surface area contributed by atoms with Crippen molar-refractivity contribution in [3.8, 4) is 0 Å². The van der Waals surface area contributed by atoms with Crippen LogP contribution in [0, 0.1) is 0 Å². The molecule has 0 aliphatic heterocycles. The van der Waals surface area contributed by atoms with Crippen molar-refractivity contribution in [3.63, 3.8) is 0 Å². The predicted octanol–water partition coefficient (Wildman–Crippen LogP) is 2.90. The summed E-state index contributed by atoms with van der Waals surface area (Å²) in [5.74, 6) is 0.0126. The molecule has 3 N–H and O–H groups in total. The number of rotatable bonds is 4.